The highest BCUT2D eigenvalue weighted by atomic mass is 32.1. The van der Waals surface area contributed by atoms with Crippen LogP contribution < -0.4 is 0 Å². The summed E-state index contributed by atoms with van der Waals surface area (Å²) in [5.74, 6) is 0. The number of likely N-dealkylation sites (tertiary alicyclic amines) is 1. The van der Waals surface area contributed by atoms with Crippen LogP contribution in [0, 0.1) is 16.7 Å². The summed E-state index contributed by atoms with van der Waals surface area (Å²) in [6.07, 6.45) is 3.52. The minimum absolute atomic E-state index is 0.192. The number of hydrogen-bond acceptors (Lipinski definition) is 3. The van der Waals surface area contributed by atoms with Crippen LogP contribution in [0.15, 0.2) is 17.5 Å². The van der Waals surface area contributed by atoms with E-state index in [0.717, 1.165) is 13.0 Å². The Hall–Kier alpha value is -0.850. The van der Waals surface area contributed by atoms with E-state index in [1.165, 1.54) is 24.3 Å². The molecule has 0 bridgehead atoms. The van der Waals surface area contributed by atoms with Gasteiger partial charge < -0.3 is 0 Å². The Morgan fingerprint density at radius 1 is 1.59 bits per heavy atom. The average molecular weight is 248 g/mol. The maximum absolute atomic E-state index is 9.05. The SMILES string of the molecule is CC(C)(C#N)CCN1CCCC1c1cccs1. The van der Waals surface area contributed by atoms with E-state index in [0.29, 0.717) is 6.04 Å². The molecule has 0 aromatic carbocycles. The molecular weight excluding hydrogens is 228 g/mol. The summed E-state index contributed by atoms with van der Waals surface area (Å²) in [5.41, 5.74) is -0.192. The molecule has 1 saturated heterocycles. The van der Waals surface area contributed by atoms with Crippen molar-refractivity contribution in [1.29, 1.82) is 5.26 Å². The molecule has 1 aliphatic heterocycles. The molecule has 1 aliphatic rings. The first-order chi connectivity index (χ1) is 8.12. The second-order valence-electron chi connectivity index (χ2n) is 5.46. The normalized spacial score (nSPS) is 21.6. The first-order valence-electron chi connectivity index (χ1n) is 6.31. The zero-order valence-corrected chi connectivity index (χ0v) is 11.5. The molecule has 0 saturated carbocycles. The number of hydrogen-bond donors (Lipinski definition) is 0. The predicted molar refractivity (Wildman–Crippen MR) is 71.9 cm³/mol. The highest BCUT2D eigenvalue weighted by Crippen LogP contribution is 2.35. The molecule has 2 nitrogen and oxygen atoms in total. The molecule has 1 unspecified atom stereocenters. The van der Waals surface area contributed by atoms with Gasteiger partial charge in [0, 0.05) is 17.5 Å². The highest BCUT2D eigenvalue weighted by Gasteiger charge is 2.28. The summed E-state index contributed by atoms with van der Waals surface area (Å²) in [6.45, 7) is 6.29. The van der Waals surface area contributed by atoms with Gasteiger partial charge in [0.2, 0.25) is 0 Å². The van der Waals surface area contributed by atoms with Crippen molar-refractivity contribution in [1.82, 2.24) is 4.90 Å². The van der Waals surface area contributed by atoms with Gasteiger partial charge in [0.05, 0.1) is 11.5 Å². The maximum atomic E-state index is 9.05. The Bertz CT molecular complexity index is 389. The van der Waals surface area contributed by atoms with Crippen molar-refractivity contribution in [3.63, 3.8) is 0 Å². The molecule has 0 spiro atoms. The minimum Gasteiger partial charge on any atom is -0.295 e. The summed E-state index contributed by atoms with van der Waals surface area (Å²) >= 11 is 1.86. The van der Waals surface area contributed by atoms with Crippen molar-refractivity contribution in [2.45, 2.75) is 39.2 Å². The van der Waals surface area contributed by atoms with Gasteiger partial charge in [0.15, 0.2) is 0 Å². The Morgan fingerprint density at radius 2 is 2.41 bits per heavy atom. The van der Waals surface area contributed by atoms with E-state index in [4.69, 9.17) is 5.26 Å². The van der Waals surface area contributed by atoms with Crippen LogP contribution >= 0.6 is 11.3 Å². The summed E-state index contributed by atoms with van der Waals surface area (Å²) in [4.78, 5) is 4.03. The van der Waals surface area contributed by atoms with Gasteiger partial charge in [-0.1, -0.05) is 6.07 Å². The zero-order valence-electron chi connectivity index (χ0n) is 10.6. The lowest BCUT2D eigenvalue weighted by Gasteiger charge is -2.26. The monoisotopic (exact) mass is 248 g/mol. The predicted octanol–water partition coefficient (Wildman–Crippen LogP) is 3.82. The lowest BCUT2D eigenvalue weighted by Crippen LogP contribution is -2.27. The number of rotatable bonds is 4. The van der Waals surface area contributed by atoms with Crippen molar-refractivity contribution in [2.24, 2.45) is 5.41 Å². The van der Waals surface area contributed by atoms with E-state index in [1.54, 1.807) is 0 Å². The van der Waals surface area contributed by atoms with Gasteiger partial charge in [0.1, 0.15) is 0 Å². The highest BCUT2D eigenvalue weighted by molar-refractivity contribution is 7.10. The average Bonchev–Trinajstić information content (AvgIpc) is 2.96. The van der Waals surface area contributed by atoms with Gasteiger partial charge in [-0.25, -0.2) is 0 Å². The van der Waals surface area contributed by atoms with Crippen molar-refractivity contribution in [2.75, 3.05) is 13.1 Å². The van der Waals surface area contributed by atoms with Crippen LogP contribution in [0.1, 0.15) is 44.0 Å². The second-order valence-corrected chi connectivity index (χ2v) is 6.43. The molecule has 92 valence electrons. The molecule has 1 atom stereocenters. The van der Waals surface area contributed by atoms with E-state index in [9.17, 15) is 0 Å². The molecule has 0 radical (unpaired) electrons. The van der Waals surface area contributed by atoms with Gasteiger partial charge in [-0.05, 0) is 51.1 Å². The third-order valence-electron chi connectivity index (χ3n) is 3.56. The largest absolute Gasteiger partial charge is 0.295 e. The fraction of sp³-hybridized carbons (Fsp3) is 0.643. The summed E-state index contributed by atoms with van der Waals surface area (Å²) < 4.78 is 0. The first-order valence-corrected chi connectivity index (χ1v) is 7.19. The molecule has 1 aromatic rings. The van der Waals surface area contributed by atoms with Crippen LogP contribution in [-0.4, -0.2) is 18.0 Å². The lowest BCUT2D eigenvalue weighted by atomic mass is 9.91. The van der Waals surface area contributed by atoms with E-state index < -0.39 is 0 Å². The smallest absolute Gasteiger partial charge is 0.0684 e. The third kappa shape index (κ3) is 3.08. The van der Waals surface area contributed by atoms with Crippen LogP contribution in [0.25, 0.3) is 0 Å². The molecule has 2 rings (SSSR count). The first kappa shape index (κ1) is 12.6. The van der Waals surface area contributed by atoms with Gasteiger partial charge in [-0.3, -0.25) is 4.90 Å². The van der Waals surface area contributed by atoms with Crippen LogP contribution in [0.4, 0.5) is 0 Å². The Balaban J connectivity index is 1.95. The standard InChI is InChI=1S/C14H20N2S/c1-14(2,11-15)7-9-16-8-3-5-12(16)13-6-4-10-17-13/h4,6,10,12H,3,5,7-9H2,1-2H3. The molecule has 0 aliphatic carbocycles. The summed E-state index contributed by atoms with van der Waals surface area (Å²) in [6, 6.07) is 7.37. The van der Waals surface area contributed by atoms with E-state index in [1.807, 2.05) is 25.2 Å². The quantitative estimate of drug-likeness (QED) is 0.810. The lowest BCUT2D eigenvalue weighted by molar-refractivity contribution is 0.230. The van der Waals surface area contributed by atoms with Crippen LogP contribution in [0.2, 0.25) is 0 Å². The third-order valence-corrected chi connectivity index (χ3v) is 4.54. The zero-order chi connectivity index (χ0) is 12.3. The topological polar surface area (TPSA) is 27.0 Å². The minimum atomic E-state index is -0.192. The Labute approximate surface area is 108 Å². The van der Waals surface area contributed by atoms with Crippen LogP contribution in [0.3, 0.4) is 0 Å². The van der Waals surface area contributed by atoms with Crippen molar-refractivity contribution >= 4 is 11.3 Å². The van der Waals surface area contributed by atoms with E-state index in [2.05, 4.69) is 28.5 Å². The Kier molecular flexibility index (Phi) is 3.86. The second kappa shape index (κ2) is 5.20. The molecule has 1 fully saturated rings. The molecule has 2 heterocycles. The van der Waals surface area contributed by atoms with E-state index in [-0.39, 0.29) is 5.41 Å². The van der Waals surface area contributed by atoms with Crippen molar-refractivity contribution < 1.29 is 0 Å². The van der Waals surface area contributed by atoms with Crippen molar-refractivity contribution in [3.8, 4) is 6.07 Å². The molecule has 3 heteroatoms. The Morgan fingerprint density at radius 3 is 3.06 bits per heavy atom. The maximum Gasteiger partial charge on any atom is 0.0684 e. The fourth-order valence-corrected chi connectivity index (χ4v) is 3.27. The molecule has 17 heavy (non-hydrogen) atoms. The fourth-order valence-electron chi connectivity index (χ4n) is 2.38. The van der Waals surface area contributed by atoms with Gasteiger partial charge in [0.25, 0.3) is 0 Å². The van der Waals surface area contributed by atoms with Crippen molar-refractivity contribution in [3.05, 3.63) is 22.4 Å². The number of nitrogens with zero attached hydrogens (tertiary/aromatic N) is 2. The van der Waals surface area contributed by atoms with Gasteiger partial charge in [-0.15, -0.1) is 11.3 Å². The van der Waals surface area contributed by atoms with E-state index >= 15 is 0 Å². The molecular formula is C14H20N2S. The summed E-state index contributed by atoms with van der Waals surface area (Å²) in [5, 5.41) is 11.2. The molecule has 0 N–H and O–H groups in total. The molecule has 1 aromatic heterocycles. The number of thiophene rings is 1. The van der Waals surface area contributed by atoms with Crippen LogP contribution in [0.5, 0.6) is 0 Å². The van der Waals surface area contributed by atoms with Gasteiger partial charge in [-0.2, -0.15) is 5.26 Å². The van der Waals surface area contributed by atoms with Gasteiger partial charge >= 0.3 is 0 Å². The summed E-state index contributed by atoms with van der Waals surface area (Å²) in [7, 11) is 0. The number of nitriles is 1. The molecule has 0 amide bonds. The van der Waals surface area contributed by atoms with Crippen LogP contribution in [-0.2, 0) is 0 Å².